The van der Waals surface area contributed by atoms with Gasteiger partial charge in [0.25, 0.3) is 0 Å². The topological polar surface area (TPSA) is 52.3 Å². The molecular weight excluding hydrogens is 306 g/mol. The standard InChI is InChI=1S/C16H16ClNO2S/c17-12-5-6-16(14(18)9-12)21(19)10-15-13-4-2-1-3-11(13)7-8-20-15/h1-6,9,15H,7-8,10,18H2. The summed E-state index contributed by atoms with van der Waals surface area (Å²) in [4.78, 5) is 0.617. The molecule has 0 saturated heterocycles. The van der Waals surface area contributed by atoms with Crippen LogP contribution in [0.4, 0.5) is 5.69 Å². The van der Waals surface area contributed by atoms with Crippen molar-refractivity contribution >= 4 is 28.1 Å². The van der Waals surface area contributed by atoms with E-state index in [1.54, 1.807) is 18.2 Å². The molecule has 0 aliphatic carbocycles. The molecule has 2 aromatic carbocycles. The fraction of sp³-hybridized carbons (Fsp3) is 0.250. The average Bonchev–Trinajstić information content (AvgIpc) is 2.47. The summed E-state index contributed by atoms with van der Waals surface area (Å²) >= 11 is 5.88. The van der Waals surface area contributed by atoms with Crippen molar-refractivity contribution < 1.29 is 8.95 Å². The molecule has 2 N–H and O–H groups in total. The van der Waals surface area contributed by atoms with Crippen molar-refractivity contribution in [2.24, 2.45) is 0 Å². The Balaban J connectivity index is 1.83. The maximum atomic E-state index is 12.6. The van der Waals surface area contributed by atoms with Crippen LogP contribution < -0.4 is 5.73 Å². The highest BCUT2D eigenvalue weighted by atomic mass is 35.5. The minimum Gasteiger partial charge on any atom is -0.398 e. The molecule has 0 bridgehead atoms. The maximum Gasteiger partial charge on any atom is 0.0946 e. The van der Waals surface area contributed by atoms with Gasteiger partial charge >= 0.3 is 0 Å². The van der Waals surface area contributed by atoms with Crippen LogP contribution in [0.3, 0.4) is 0 Å². The van der Waals surface area contributed by atoms with Crippen molar-refractivity contribution in [1.29, 1.82) is 0 Å². The maximum absolute atomic E-state index is 12.6. The number of halogens is 1. The number of benzene rings is 2. The lowest BCUT2D eigenvalue weighted by Crippen LogP contribution is -2.21. The molecule has 5 heteroatoms. The van der Waals surface area contributed by atoms with Gasteiger partial charge in [-0.25, -0.2) is 0 Å². The molecule has 3 nitrogen and oxygen atoms in total. The molecule has 0 spiro atoms. The van der Waals surface area contributed by atoms with E-state index < -0.39 is 10.8 Å². The Hall–Kier alpha value is -1.36. The fourth-order valence-electron chi connectivity index (χ4n) is 2.57. The number of fused-ring (bicyclic) bond motifs is 1. The second-order valence-corrected chi connectivity index (χ2v) is 6.90. The number of hydrogen-bond donors (Lipinski definition) is 1. The largest absolute Gasteiger partial charge is 0.398 e. The molecule has 1 heterocycles. The molecule has 0 amide bonds. The summed E-state index contributed by atoms with van der Waals surface area (Å²) in [5.74, 6) is 0.406. The number of hydrogen-bond acceptors (Lipinski definition) is 3. The highest BCUT2D eigenvalue weighted by molar-refractivity contribution is 7.85. The number of rotatable bonds is 3. The van der Waals surface area contributed by atoms with E-state index in [1.165, 1.54) is 5.56 Å². The number of anilines is 1. The summed E-state index contributed by atoms with van der Waals surface area (Å²) in [5.41, 5.74) is 8.77. The number of nitrogens with two attached hydrogens (primary N) is 1. The van der Waals surface area contributed by atoms with Crippen molar-refractivity contribution in [3.8, 4) is 0 Å². The van der Waals surface area contributed by atoms with Gasteiger partial charge in [0.1, 0.15) is 0 Å². The van der Waals surface area contributed by atoms with Gasteiger partial charge in [-0.1, -0.05) is 35.9 Å². The monoisotopic (exact) mass is 321 g/mol. The van der Waals surface area contributed by atoms with Crippen LogP contribution in [-0.2, 0) is 22.0 Å². The first kappa shape index (κ1) is 14.6. The second-order valence-electron chi connectivity index (χ2n) is 5.00. The summed E-state index contributed by atoms with van der Waals surface area (Å²) in [6, 6.07) is 13.2. The summed E-state index contributed by atoms with van der Waals surface area (Å²) in [6.45, 7) is 0.662. The van der Waals surface area contributed by atoms with Crippen LogP contribution in [0, 0.1) is 0 Å². The Bertz CT molecular complexity index is 690. The average molecular weight is 322 g/mol. The quantitative estimate of drug-likeness (QED) is 0.882. The summed E-state index contributed by atoms with van der Waals surface area (Å²) in [6.07, 6.45) is 0.758. The van der Waals surface area contributed by atoms with Gasteiger partial charge in [0.2, 0.25) is 0 Å². The van der Waals surface area contributed by atoms with Crippen molar-refractivity contribution in [2.45, 2.75) is 17.4 Å². The molecule has 0 saturated carbocycles. The third kappa shape index (κ3) is 3.12. The Morgan fingerprint density at radius 1 is 1.29 bits per heavy atom. The van der Waals surface area contributed by atoms with Crippen LogP contribution in [0.1, 0.15) is 17.2 Å². The lowest BCUT2D eigenvalue weighted by molar-refractivity contribution is 0.0582. The zero-order valence-electron chi connectivity index (χ0n) is 11.4. The van der Waals surface area contributed by atoms with Crippen molar-refractivity contribution in [3.05, 3.63) is 58.6 Å². The van der Waals surface area contributed by atoms with E-state index in [-0.39, 0.29) is 6.10 Å². The molecular formula is C16H16ClNO2S. The zero-order chi connectivity index (χ0) is 14.8. The van der Waals surface area contributed by atoms with E-state index in [1.807, 2.05) is 18.2 Å². The lowest BCUT2D eigenvalue weighted by Gasteiger charge is -2.25. The highest BCUT2D eigenvalue weighted by Crippen LogP contribution is 2.30. The van der Waals surface area contributed by atoms with Crippen molar-refractivity contribution in [3.63, 3.8) is 0 Å². The molecule has 2 unspecified atom stereocenters. The number of ether oxygens (including phenoxy) is 1. The first-order chi connectivity index (χ1) is 10.1. The van der Waals surface area contributed by atoms with Gasteiger partial charge in [-0.05, 0) is 35.7 Å². The minimum atomic E-state index is -1.22. The molecule has 1 aliphatic heterocycles. The van der Waals surface area contributed by atoms with Crippen molar-refractivity contribution in [1.82, 2.24) is 0 Å². The molecule has 21 heavy (non-hydrogen) atoms. The predicted molar refractivity (Wildman–Crippen MR) is 86.0 cm³/mol. The van der Waals surface area contributed by atoms with E-state index in [4.69, 9.17) is 22.1 Å². The molecule has 2 aromatic rings. The molecule has 0 fully saturated rings. The molecule has 110 valence electrons. The van der Waals surface area contributed by atoms with Crippen LogP contribution >= 0.6 is 11.6 Å². The number of nitrogen functional groups attached to an aromatic ring is 1. The van der Waals surface area contributed by atoms with Gasteiger partial charge in [-0.15, -0.1) is 0 Å². The van der Waals surface area contributed by atoms with Gasteiger partial charge in [-0.2, -0.15) is 0 Å². The Morgan fingerprint density at radius 3 is 2.90 bits per heavy atom. The molecule has 0 radical (unpaired) electrons. The van der Waals surface area contributed by atoms with Gasteiger partial charge in [0.05, 0.1) is 34.2 Å². The van der Waals surface area contributed by atoms with Crippen LogP contribution in [0.5, 0.6) is 0 Å². The van der Waals surface area contributed by atoms with Crippen LogP contribution in [0.2, 0.25) is 5.02 Å². The molecule has 3 rings (SSSR count). The first-order valence-electron chi connectivity index (χ1n) is 6.78. The van der Waals surface area contributed by atoms with E-state index in [0.717, 1.165) is 12.0 Å². The summed E-state index contributed by atoms with van der Waals surface area (Å²) < 4.78 is 18.4. The molecule has 2 atom stereocenters. The van der Waals surface area contributed by atoms with E-state index in [9.17, 15) is 4.21 Å². The summed E-state index contributed by atoms with van der Waals surface area (Å²) in [5, 5.41) is 0.549. The highest BCUT2D eigenvalue weighted by Gasteiger charge is 2.23. The minimum absolute atomic E-state index is 0.147. The Morgan fingerprint density at radius 2 is 2.10 bits per heavy atom. The van der Waals surface area contributed by atoms with E-state index in [0.29, 0.717) is 28.0 Å². The van der Waals surface area contributed by atoms with Gasteiger partial charge < -0.3 is 10.5 Å². The van der Waals surface area contributed by atoms with Crippen LogP contribution in [0.25, 0.3) is 0 Å². The fourth-order valence-corrected chi connectivity index (χ4v) is 4.02. The van der Waals surface area contributed by atoms with Gasteiger partial charge in [0.15, 0.2) is 0 Å². The van der Waals surface area contributed by atoms with E-state index >= 15 is 0 Å². The smallest absolute Gasteiger partial charge is 0.0946 e. The third-order valence-electron chi connectivity index (χ3n) is 3.61. The van der Waals surface area contributed by atoms with Crippen molar-refractivity contribution in [2.75, 3.05) is 18.1 Å². The van der Waals surface area contributed by atoms with E-state index in [2.05, 4.69) is 6.07 Å². The SMILES string of the molecule is Nc1cc(Cl)ccc1S(=O)CC1OCCc2ccccc21. The normalized spacial score (nSPS) is 19.0. The van der Waals surface area contributed by atoms with Crippen LogP contribution in [0.15, 0.2) is 47.4 Å². The second kappa shape index (κ2) is 6.18. The van der Waals surface area contributed by atoms with Crippen LogP contribution in [-0.4, -0.2) is 16.6 Å². The summed E-state index contributed by atoms with van der Waals surface area (Å²) in [7, 11) is -1.22. The van der Waals surface area contributed by atoms with Gasteiger partial charge in [0, 0.05) is 10.7 Å². The Kier molecular flexibility index (Phi) is 4.29. The van der Waals surface area contributed by atoms with Gasteiger partial charge in [-0.3, -0.25) is 4.21 Å². The first-order valence-corrected chi connectivity index (χ1v) is 8.47. The molecule has 1 aliphatic rings. The zero-order valence-corrected chi connectivity index (χ0v) is 13.0. The predicted octanol–water partition coefficient (Wildman–Crippen LogP) is 3.34. The molecule has 0 aromatic heterocycles. The Labute approximate surface area is 131 Å². The third-order valence-corrected chi connectivity index (χ3v) is 5.32. The lowest BCUT2D eigenvalue weighted by atomic mass is 9.99.